The molecule has 1 aromatic heterocycles. The first-order chi connectivity index (χ1) is 8.37. The van der Waals surface area contributed by atoms with Gasteiger partial charge in [-0.2, -0.15) is 13.2 Å². The number of aromatic hydroxyl groups is 1. The molecular formula is C11H11F3N2O2. The van der Waals surface area contributed by atoms with Crippen LogP contribution in [0.5, 0.6) is 5.75 Å². The summed E-state index contributed by atoms with van der Waals surface area (Å²) in [5, 5.41) is 9.18. The summed E-state index contributed by atoms with van der Waals surface area (Å²) >= 11 is 0. The van der Waals surface area contributed by atoms with E-state index < -0.39 is 18.6 Å². The topological polar surface area (TPSA) is 53.4 Å². The minimum Gasteiger partial charge on any atom is -0.506 e. The molecule has 0 aromatic carbocycles. The van der Waals surface area contributed by atoms with Crippen LogP contribution in [0.25, 0.3) is 0 Å². The van der Waals surface area contributed by atoms with Gasteiger partial charge in [-0.1, -0.05) is 0 Å². The van der Waals surface area contributed by atoms with E-state index in [4.69, 9.17) is 0 Å². The molecule has 1 aliphatic rings. The van der Waals surface area contributed by atoms with Crippen LogP contribution in [-0.2, 0) is 0 Å². The highest BCUT2D eigenvalue weighted by atomic mass is 19.4. The third kappa shape index (κ3) is 3.12. The number of rotatable bonds is 3. The molecule has 0 saturated heterocycles. The van der Waals surface area contributed by atoms with Gasteiger partial charge in [-0.3, -0.25) is 9.78 Å². The molecule has 7 heteroatoms. The van der Waals surface area contributed by atoms with E-state index in [1.54, 1.807) is 0 Å². The Bertz CT molecular complexity index is 458. The lowest BCUT2D eigenvalue weighted by molar-refractivity contribution is -0.141. The number of halogens is 3. The second-order valence-electron chi connectivity index (χ2n) is 4.21. The van der Waals surface area contributed by atoms with Gasteiger partial charge < -0.3 is 10.0 Å². The predicted octanol–water partition coefficient (Wildman–Crippen LogP) is 1.95. The summed E-state index contributed by atoms with van der Waals surface area (Å²) in [5.74, 6) is -0.998. The zero-order valence-corrected chi connectivity index (χ0v) is 9.31. The molecule has 18 heavy (non-hydrogen) atoms. The Balaban J connectivity index is 2.18. The van der Waals surface area contributed by atoms with Crippen molar-refractivity contribution in [1.29, 1.82) is 0 Å². The van der Waals surface area contributed by atoms with E-state index in [1.807, 2.05) is 0 Å². The molecule has 1 saturated carbocycles. The molecule has 0 radical (unpaired) electrons. The number of hydrogen-bond acceptors (Lipinski definition) is 3. The molecule has 0 spiro atoms. The van der Waals surface area contributed by atoms with Crippen LogP contribution in [0.1, 0.15) is 23.2 Å². The number of hydrogen-bond donors (Lipinski definition) is 1. The third-order valence-corrected chi connectivity index (χ3v) is 2.57. The molecule has 0 unspecified atom stereocenters. The first kappa shape index (κ1) is 12.7. The van der Waals surface area contributed by atoms with Crippen LogP contribution in [0.15, 0.2) is 18.5 Å². The molecule has 1 amide bonds. The molecule has 0 atom stereocenters. The van der Waals surface area contributed by atoms with Gasteiger partial charge in [-0.05, 0) is 18.9 Å². The van der Waals surface area contributed by atoms with Crippen LogP contribution in [0.3, 0.4) is 0 Å². The first-order valence-corrected chi connectivity index (χ1v) is 5.38. The van der Waals surface area contributed by atoms with E-state index >= 15 is 0 Å². The van der Waals surface area contributed by atoms with Gasteiger partial charge in [0.15, 0.2) is 0 Å². The van der Waals surface area contributed by atoms with E-state index in [0.717, 1.165) is 23.4 Å². The number of carbonyl (C=O) groups is 1. The van der Waals surface area contributed by atoms with Crippen LogP contribution >= 0.6 is 0 Å². The molecule has 1 heterocycles. The number of pyridine rings is 1. The van der Waals surface area contributed by atoms with Gasteiger partial charge >= 0.3 is 6.18 Å². The summed E-state index contributed by atoms with van der Waals surface area (Å²) in [6.45, 7) is -1.27. The highest BCUT2D eigenvalue weighted by Crippen LogP contribution is 2.31. The number of alkyl halides is 3. The fourth-order valence-electron chi connectivity index (χ4n) is 1.66. The summed E-state index contributed by atoms with van der Waals surface area (Å²) in [5.41, 5.74) is -0.0360. The summed E-state index contributed by atoms with van der Waals surface area (Å²) < 4.78 is 37.2. The van der Waals surface area contributed by atoms with Crippen LogP contribution in [0.4, 0.5) is 13.2 Å². The van der Waals surface area contributed by atoms with Gasteiger partial charge in [0, 0.05) is 12.2 Å². The van der Waals surface area contributed by atoms with E-state index in [9.17, 15) is 23.1 Å². The Morgan fingerprint density at radius 3 is 2.61 bits per heavy atom. The Morgan fingerprint density at radius 2 is 2.11 bits per heavy atom. The van der Waals surface area contributed by atoms with E-state index in [0.29, 0.717) is 12.8 Å². The maximum atomic E-state index is 12.4. The van der Waals surface area contributed by atoms with Crippen molar-refractivity contribution in [3.63, 3.8) is 0 Å². The highest BCUT2D eigenvalue weighted by Gasteiger charge is 2.40. The highest BCUT2D eigenvalue weighted by molar-refractivity contribution is 5.94. The van der Waals surface area contributed by atoms with Gasteiger partial charge in [-0.25, -0.2) is 0 Å². The maximum Gasteiger partial charge on any atom is 0.406 e. The van der Waals surface area contributed by atoms with E-state index in [1.165, 1.54) is 0 Å². The van der Waals surface area contributed by atoms with Gasteiger partial charge in [0.25, 0.3) is 5.91 Å². The molecule has 1 aliphatic carbocycles. The Hall–Kier alpha value is -1.79. The van der Waals surface area contributed by atoms with Crippen molar-refractivity contribution in [2.24, 2.45) is 0 Å². The van der Waals surface area contributed by atoms with Gasteiger partial charge in [0.05, 0.1) is 11.8 Å². The van der Waals surface area contributed by atoms with Gasteiger partial charge in [0.1, 0.15) is 12.3 Å². The number of aromatic nitrogens is 1. The average Bonchev–Trinajstić information content (AvgIpc) is 3.07. The summed E-state index contributed by atoms with van der Waals surface area (Å²) in [7, 11) is 0. The standard InChI is InChI=1S/C11H11F3N2O2/c12-11(13,14)6-16(8-1-2-8)10(18)7-3-9(17)5-15-4-7/h3-5,8,17H,1-2,6H2. The van der Waals surface area contributed by atoms with Gasteiger partial charge in [-0.15, -0.1) is 0 Å². The SMILES string of the molecule is O=C(c1cncc(O)c1)N(CC(F)(F)F)C1CC1. The van der Waals surface area contributed by atoms with Crippen molar-refractivity contribution in [2.75, 3.05) is 6.54 Å². The minimum absolute atomic E-state index is 0.0360. The van der Waals surface area contributed by atoms with Crippen molar-refractivity contribution < 1.29 is 23.1 Å². The van der Waals surface area contributed by atoms with Crippen LogP contribution in [0.2, 0.25) is 0 Å². The second-order valence-corrected chi connectivity index (χ2v) is 4.21. The fraction of sp³-hybridized carbons (Fsp3) is 0.455. The van der Waals surface area contributed by atoms with E-state index in [-0.39, 0.29) is 17.4 Å². The molecule has 0 bridgehead atoms. The van der Waals surface area contributed by atoms with E-state index in [2.05, 4.69) is 4.98 Å². The Labute approximate surface area is 101 Å². The lowest BCUT2D eigenvalue weighted by Gasteiger charge is -2.23. The van der Waals surface area contributed by atoms with Crippen molar-refractivity contribution >= 4 is 5.91 Å². The van der Waals surface area contributed by atoms with Gasteiger partial charge in [0.2, 0.25) is 0 Å². The predicted molar refractivity (Wildman–Crippen MR) is 56.0 cm³/mol. The van der Waals surface area contributed by atoms with Crippen molar-refractivity contribution in [3.05, 3.63) is 24.0 Å². The lowest BCUT2D eigenvalue weighted by Crippen LogP contribution is -2.40. The fourth-order valence-corrected chi connectivity index (χ4v) is 1.66. The maximum absolute atomic E-state index is 12.4. The molecule has 0 aliphatic heterocycles. The van der Waals surface area contributed by atoms with Crippen molar-refractivity contribution in [1.82, 2.24) is 9.88 Å². The molecular weight excluding hydrogens is 249 g/mol. The quantitative estimate of drug-likeness (QED) is 0.903. The number of carbonyl (C=O) groups excluding carboxylic acids is 1. The van der Waals surface area contributed by atoms with Crippen LogP contribution in [-0.4, -0.2) is 39.7 Å². The van der Waals surface area contributed by atoms with Crippen LogP contribution in [0, 0.1) is 0 Å². The molecule has 1 aromatic rings. The summed E-state index contributed by atoms with van der Waals surface area (Å²) in [6, 6.07) is 0.752. The first-order valence-electron chi connectivity index (χ1n) is 5.38. The summed E-state index contributed by atoms with van der Waals surface area (Å²) in [4.78, 5) is 16.3. The van der Waals surface area contributed by atoms with Crippen LogP contribution < -0.4 is 0 Å². The lowest BCUT2D eigenvalue weighted by atomic mass is 10.2. The Morgan fingerprint density at radius 1 is 1.44 bits per heavy atom. The molecule has 1 N–H and O–H groups in total. The normalized spacial score (nSPS) is 15.5. The van der Waals surface area contributed by atoms with Crippen molar-refractivity contribution in [3.8, 4) is 5.75 Å². The molecule has 1 fully saturated rings. The second kappa shape index (κ2) is 4.47. The van der Waals surface area contributed by atoms with Crippen molar-refractivity contribution in [2.45, 2.75) is 25.1 Å². The average molecular weight is 260 g/mol. The molecule has 2 rings (SSSR count). The monoisotopic (exact) mass is 260 g/mol. The minimum atomic E-state index is -4.43. The summed E-state index contributed by atoms with van der Waals surface area (Å²) in [6.07, 6.45) is -1.01. The zero-order chi connectivity index (χ0) is 13.3. The molecule has 98 valence electrons. The number of nitrogens with zero attached hydrogens (tertiary/aromatic N) is 2. The third-order valence-electron chi connectivity index (χ3n) is 2.57. The largest absolute Gasteiger partial charge is 0.506 e. The Kier molecular flexibility index (Phi) is 3.14. The number of amides is 1. The zero-order valence-electron chi connectivity index (χ0n) is 9.31. The smallest absolute Gasteiger partial charge is 0.406 e. The molecule has 4 nitrogen and oxygen atoms in total.